The molecule has 4 N–H and O–H groups in total. The number of nitrogen functional groups attached to an aromatic ring is 1. The topological polar surface area (TPSA) is 162 Å². The van der Waals surface area contributed by atoms with Crippen molar-refractivity contribution in [1.82, 2.24) is 29.9 Å². The third kappa shape index (κ3) is 8.41. The summed E-state index contributed by atoms with van der Waals surface area (Å²) in [5, 5.41) is 21.6. The van der Waals surface area contributed by atoms with E-state index in [0.717, 1.165) is 35.9 Å². The van der Waals surface area contributed by atoms with Gasteiger partial charge in [-0.3, -0.25) is 19.8 Å². The Labute approximate surface area is 364 Å². The molecule has 0 bridgehead atoms. The molecular formula is C47H53F2N9O5. The van der Waals surface area contributed by atoms with Crippen LogP contribution in [0, 0.1) is 12.7 Å². The van der Waals surface area contributed by atoms with Gasteiger partial charge in [-0.25, -0.2) is 13.6 Å². The Morgan fingerprint density at radius 2 is 1.75 bits per heavy atom. The molecule has 2 atom stereocenters. The summed E-state index contributed by atoms with van der Waals surface area (Å²) in [5.74, 6) is -0.498. The standard InChI is InChI=1S/C47H53F2N9O5/c1-29-23-30(7-8-34(29)31-24-33(63-2)27-56(26-31)40-25-37(52-53-44(40)50)35-5-3-4-6-41(35)59)45(61)55-21-15-47(49,16-22-55)28-54-17-11-32(12-18-54)57-19-13-36-38(57)9-10-39(43(36)48)58-20-14-42(60)51-46(58)62/h3-10,13,19,23,25,31-33,59H,11-12,14-18,20-22,24,26-28H2,1-2H3,(H2,50,53)(H,51,60,62)/t31-,33+/m0/s1. The number of anilines is 3. The van der Waals surface area contributed by atoms with Crippen LogP contribution in [0.25, 0.3) is 22.2 Å². The fourth-order valence-corrected chi connectivity index (χ4v) is 10.1. The number of alkyl halides is 1. The number of phenols is 1. The normalized spacial score (nSPS) is 21.2. The number of nitrogens with zero attached hydrogens (tertiary/aromatic N) is 7. The largest absolute Gasteiger partial charge is 0.507 e. The number of nitrogens with two attached hydrogens (primary N) is 1. The van der Waals surface area contributed by atoms with E-state index in [-0.39, 0.29) is 72.9 Å². The van der Waals surface area contributed by atoms with E-state index in [2.05, 4.69) is 29.9 Å². The highest BCUT2D eigenvalue weighted by Crippen LogP contribution is 2.39. The SMILES string of the molecule is CO[C@@H]1C[C@H](c2ccc(C(=O)N3CCC(F)(CN4CCC(n5ccc6c(F)c(N7CCC(=O)NC7=O)ccc65)CC4)CC3)cc2C)CN(c2cc(-c3ccccc3O)nnc2N)C1. The summed E-state index contributed by atoms with van der Waals surface area (Å²) in [6.45, 7) is 5.76. The summed E-state index contributed by atoms with van der Waals surface area (Å²) in [6.07, 6.45) is 4.77. The number of amides is 4. The van der Waals surface area contributed by atoms with E-state index in [1.807, 2.05) is 49.5 Å². The van der Waals surface area contributed by atoms with Gasteiger partial charge in [0.1, 0.15) is 11.4 Å². The van der Waals surface area contributed by atoms with Crippen LogP contribution in [0.2, 0.25) is 0 Å². The molecule has 2 aromatic heterocycles. The first-order valence-electron chi connectivity index (χ1n) is 21.8. The number of aromatic nitrogens is 3. The number of piperidine rings is 3. The Kier molecular flexibility index (Phi) is 11.5. The number of halogens is 2. The molecule has 0 spiro atoms. The van der Waals surface area contributed by atoms with E-state index in [4.69, 9.17) is 10.5 Å². The van der Waals surface area contributed by atoms with Gasteiger partial charge in [-0.15, -0.1) is 10.2 Å². The minimum absolute atomic E-state index is 0.0743. The van der Waals surface area contributed by atoms with Gasteiger partial charge in [0.15, 0.2) is 11.6 Å². The molecule has 9 rings (SSSR count). The maximum Gasteiger partial charge on any atom is 0.328 e. The summed E-state index contributed by atoms with van der Waals surface area (Å²) >= 11 is 0. The molecule has 330 valence electrons. The first-order valence-corrected chi connectivity index (χ1v) is 21.8. The van der Waals surface area contributed by atoms with Gasteiger partial charge in [-0.2, -0.15) is 0 Å². The van der Waals surface area contributed by atoms with Crippen molar-refractivity contribution in [2.45, 2.75) is 69.2 Å². The van der Waals surface area contributed by atoms with Crippen molar-refractivity contribution in [3.8, 4) is 17.0 Å². The zero-order valence-electron chi connectivity index (χ0n) is 35.6. The molecule has 4 aliphatic heterocycles. The highest BCUT2D eigenvalue weighted by atomic mass is 19.1. The van der Waals surface area contributed by atoms with Gasteiger partial charge in [-0.05, 0) is 85.8 Å². The molecule has 0 unspecified atom stereocenters. The number of benzene rings is 3. The number of urea groups is 1. The number of likely N-dealkylation sites (tertiary alicyclic amines) is 2. The van der Waals surface area contributed by atoms with Crippen molar-refractivity contribution in [1.29, 1.82) is 0 Å². The maximum absolute atomic E-state index is 16.4. The van der Waals surface area contributed by atoms with Gasteiger partial charge in [0.25, 0.3) is 5.91 Å². The molecule has 5 aromatic rings. The number of hydrogen-bond acceptors (Lipinski definition) is 10. The molecule has 3 aromatic carbocycles. The number of rotatable bonds is 9. The number of aromatic hydroxyl groups is 1. The molecule has 0 aliphatic carbocycles. The van der Waals surface area contributed by atoms with Crippen molar-refractivity contribution < 1.29 is 33.0 Å². The van der Waals surface area contributed by atoms with E-state index in [9.17, 15) is 19.5 Å². The number of phenolic OH excluding ortho intramolecular Hbond substituents is 1. The Morgan fingerprint density at radius 1 is 0.968 bits per heavy atom. The first kappa shape index (κ1) is 42.2. The highest BCUT2D eigenvalue weighted by Gasteiger charge is 2.39. The van der Waals surface area contributed by atoms with Crippen LogP contribution in [-0.2, 0) is 9.53 Å². The van der Waals surface area contributed by atoms with Crippen LogP contribution < -0.4 is 20.9 Å². The fourth-order valence-electron chi connectivity index (χ4n) is 10.1. The van der Waals surface area contributed by atoms with Crippen molar-refractivity contribution in [2.75, 3.05) is 75.0 Å². The van der Waals surface area contributed by atoms with Crippen LogP contribution in [0.5, 0.6) is 5.75 Å². The first-order chi connectivity index (χ1) is 30.4. The van der Waals surface area contributed by atoms with Crippen LogP contribution in [0.1, 0.15) is 72.0 Å². The fraction of sp³-hybridized carbons (Fsp3) is 0.426. The number of methoxy groups -OCH3 is 1. The lowest BCUT2D eigenvalue weighted by Gasteiger charge is -2.41. The van der Waals surface area contributed by atoms with Crippen molar-refractivity contribution >= 4 is 45.9 Å². The lowest BCUT2D eigenvalue weighted by atomic mass is 9.85. The second-order valence-corrected chi connectivity index (χ2v) is 17.5. The Balaban J connectivity index is 0.796. The van der Waals surface area contributed by atoms with E-state index >= 15 is 8.78 Å². The number of nitrogens with one attached hydrogen (secondary N) is 1. The molecule has 4 aliphatic rings. The average molecular weight is 862 g/mol. The predicted octanol–water partition coefficient (Wildman–Crippen LogP) is 6.57. The Morgan fingerprint density at radius 3 is 2.48 bits per heavy atom. The van der Waals surface area contributed by atoms with E-state index in [1.54, 1.807) is 42.3 Å². The second kappa shape index (κ2) is 17.2. The molecule has 63 heavy (non-hydrogen) atoms. The number of hydrogen-bond donors (Lipinski definition) is 3. The predicted molar refractivity (Wildman–Crippen MR) is 236 cm³/mol. The van der Waals surface area contributed by atoms with Crippen LogP contribution in [0.15, 0.2) is 72.9 Å². The number of carbonyl (C=O) groups excluding carboxylic acids is 3. The lowest BCUT2D eigenvalue weighted by molar-refractivity contribution is -0.120. The van der Waals surface area contributed by atoms with Gasteiger partial charge in [-0.1, -0.05) is 18.2 Å². The number of imide groups is 1. The number of aryl methyl sites for hydroxylation is 1. The third-order valence-corrected chi connectivity index (χ3v) is 13.6. The Bertz CT molecular complexity index is 2550. The molecule has 0 saturated carbocycles. The minimum atomic E-state index is -1.41. The zero-order chi connectivity index (χ0) is 44.0. The van der Waals surface area contributed by atoms with Gasteiger partial charge < -0.3 is 34.8 Å². The smallest absolute Gasteiger partial charge is 0.328 e. The molecule has 4 saturated heterocycles. The minimum Gasteiger partial charge on any atom is -0.507 e. The van der Waals surface area contributed by atoms with E-state index in [0.29, 0.717) is 73.7 Å². The number of para-hydroxylation sites is 1. The maximum atomic E-state index is 16.4. The molecule has 0 radical (unpaired) electrons. The van der Waals surface area contributed by atoms with Crippen molar-refractivity contribution in [3.05, 3.63) is 95.4 Å². The van der Waals surface area contributed by atoms with Gasteiger partial charge in [0, 0.05) is 113 Å². The van der Waals surface area contributed by atoms with Crippen molar-refractivity contribution in [2.24, 2.45) is 0 Å². The summed E-state index contributed by atoms with van der Waals surface area (Å²) in [5.41, 5.74) is 10.3. The summed E-state index contributed by atoms with van der Waals surface area (Å²) in [4.78, 5) is 45.2. The Hall–Kier alpha value is -6.13. The monoisotopic (exact) mass is 861 g/mol. The van der Waals surface area contributed by atoms with Crippen LogP contribution in [0.4, 0.5) is 30.8 Å². The van der Waals surface area contributed by atoms with Crippen molar-refractivity contribution in [3.63, 3.8) is 0 Å². The molecule has 4 fully saturated rings. The molecule has 4 amide bonds. The molecule has 16 heteroatoms. The lowest BCUT2D eigenvalue weighted by Crippen LogP contribution is -2.51. The molecule has 6 heterocycles. The number of ether oxygens (including phenoxy) is 1. The van der Waals surface area contributed by atoms with E-state index < -0.39 is 17.5 Å². The average Bonchev–Trinajstić information content (AvgIpc) is 3.72. The van der Waals surface area contributed by atoms with Gasteiger partial charge >= 0.3 is 6.03 Å². The zero-order valence-corrected chi connectivity index (χ0v) is 35.6. The summed E-state index contributed by atoms with van der Waals surface area (Å²) in [7, 11) is 1.70. The van der Waals surface area contributed by atoms with Gasteiger partial charge in [0.05, 0.1) is 28.7 Å². The number of fused-ring (bicyclic) bond motifs is 1. The quantitative estimate of drug-likeness (QED) is 0.148. The van der Waals surface area contributed by atoms with Crippen LogP contribution >= 0.6 is 0 Å². The van der Waals surface area contributed by atoms with Crippen LogP contribution in [0.3, 0.4) is 0 Å². The molecule has 14 nitrogen and oxygen atoms in total. The second-order valence-electron chi connectivity index (χ2n) is 17.5. The van der Waals surface area contributed by atoms with E-state index in [1.165, 1.54) is 4.90 Å². The van der Waals surface area contributed by atoms with Gasteiger partial charge in [0.2, 0.25) is 5.91 Å². The summed E-state index contributed by atoms with van der Waals surface area (Å²) < 4.78 is 40.1. The van der Waals surface area contributed by atoms with Crippen LogP contribution in [-0.4, -0.2) is 119 Å². The third-order valence-electron chi connectivity index (χ3n) is 13.6. The highest BCUT2D eigenvalue weighted by molar-refractivity contribution is 6.06. The summed E-state index contributed by atoms with van der Waals surface area (Å²) in [6, 6.07) is 19.3. The number of carbonyl (C=O) groups is 3. The molecular weight excluding hydrogens is 809 g/mol.